The maximum absolute atomic E-state index is 14.7. The molecule has 1 aliphatic carbocycles. The monoisotopic (exact) mass is 510 g/mol. The van der Waals surface area contributed by atoms with Gasteiger partial charge in [-0.15, -0.1) is 0 Å². The second-order valence-corrected chi connectivity index (χ2v) is 12.0. The molecule has 2 aromatic rings. The third-order valence-electron chi connectivity index (χ3n) is 6.79. The SMILES string of the molecule is CC1(O)CCC(Oc2ccc(-c3ccn(CC[C@](C)(C(=O)NO)S(C)(=O)=O)c(=O)c3)cc2F)CC1. The smallest absolute Gasteiger partial charge is 0.264 e. The zero-order chi connectivity index (χ0) is 26.0. The van der Waals surface area contributed by atoms with Crippen molar-refractivity contribution in [3.63, 3.8) is 0 Å². The molecule has 3 rings (SSSR count). The van der Waals surface area contributed by atoms with E-state index in [0.29, 0.717) is 36.8 Å². The first kappa shape index (κ1) is 26.8. The molecule has 1 aromatic heterocycles. The number of amides is 1. The molecular weight excluding hydrogens is 479 g/mol. The minimum Gasteiger partial charge on any atom is -0.487 e. The van der Waals surface area contributed by atoms with Gasteiger partial charge in [0.2, 0.25) is 0 Å². The lowest BCUT2D eigenvalue weighted by Gasteiger charge is -2.33. The normalized spacial score (nSPS) is 22.3. The number of hydrogen-bond donors (Lipinski definition) is 3. The number of carbonyl (C=O) groups excluding carboxylic acids is 1. The van der Waals surface area contributed by atoms with E-state index in [1.165, 1.54) is 41.4 Å². The molecule has 0 aliphatic heterocycles. The number of sulfone groups is 1. The Morgan fingerprint density at radius 1 is 1.26 bits per heavy atom. The van der Waals surface area contributed by atoms with Gasteiger partial charge in [-0.3, -0.25) is 14.8 Å². The topological polar surface area (TPSA) is 135 Å². The molecule has 35 heavy (non-hydrogen) atoms. The summed E-state index contributed by atoms with van der Waals surface area (Å²) in [6.07, 6.45) is 4.33. The van der Waals surface area contributed by atoms with Crippen LogP contribution in [0.15, 0.2) is 41.3 Å². The molecule has 1 fully saturated rings. The van der Waals surface area contributed by atoms with Gasteiger partial charge in [0.15, 0.2) is 26.2 Å². The molecule has 1 amide bonds. The average Bonchev–Trinajstić information content (AvgIpc) is 2.79. The molecule has 0 unspecified atom stereocenters. The molecule has 0 spiro atoms. The summed E-state index contributed by atoms with van der Waals surface area (Å²) in [7, 11) is -3.89. The Bertz CT molecular complexity index is 1250. The standard InChI is InChI=1S/C24H31FN2O7S/c1-23(30)9-6-18(7-10-23)34-20-5-4-16(14-19(20)25)17-8-12-27(21(28)15-17)13-11-24(2,22(29)26-31)35(3,32)33/h4-5,8,12,14-15,18,30-31H,6-7,9-11,13H2,1-3H3,(H,26,29)/t18?,23?,24-/m1/s1. The van der Waals surface area contributed by atoms with Gasteiger partial charge in [-0.1, -0.05) is 6.07 Å². The van der Waals surface area contributed by atoms with E-state index in [2.05, 4.69) is 0 Å². The Hall–Kier alpha value is -2.76. The van der Waals surface area contributed by atoms with Crippen molar-refractivity contribution < 1.29 is 32.7 Å². The summed E-state index contributed by atoms with van der Waals surface area (Å²) >= 11 is 0. The van der Waals surface area contributed by atoms with Gasteiger partial charge in [-0.05, 0) is 75.3 Å². The predicted molar refractivity (Wildman–Crippen MR) is 127 cm³/mol. The first-order valence-corrected chi connectivity index (χ1v) is 13.2. The number of nitrogens with zero attached hydrogens (tertiary/aromatic N) is 1. The maximum atomic E-state index is 14.7. The van der Waals surface area contributed by atoms with Crippen LogP contribution < -0.4 is 15.8 Å². The molecular formula is C24H31FN2O7S. The van der Waals surface area contributed by atoms with E-state index in [-0.39, 0.29) is 24.8 Å². The zero-order valence-corrected chi connectivity index (χ0v) is 20.8. The highest BCUT2D eigenvalue weighted by Gasteiger charge is 2.43. The number of hydroxylamine groups is 1. The van der Waals surface area contributed by atoms with E-state index < -0.39 is 37.5 Å². The number of hydrogen-bond acceptors (Lipinski definition) is 7. The van der Waals surface area contributed by atoms with Crippen LogP contribution in [0.1, 0.15) is 46.0 Å². The maximum Gasteiger partial charge on any atom is 0.264 e. The number of pyridine rings is 1. The van der Waals surface area contributed by atoms with Crippen LogP contribution in [0.2, 0.25) is 0 Å². The minimum absolute atomic E-state index is 0.0917. The molecule has 1 aromatic carbocycles. The van der Waals surface area contributed by atoms with Gasteiger partial charge >= 0.3 is 0 Å². The highest BCUT2D eigenvalue weighted by atomic mass is 32.2. The van der Waals surface area contributed by atoms with E-state index in [4.69, 9.17) is 9.94 Å². The van der Waals surface area contributed by atoms with Crippen LogP contribution in [0.5, 0.6) is 5.75 Å². The molecule has 0 saturated heterocycles. The summed E-state index contributed by atoms with van der Waals surface area (Å²) in [6, 6.07) is 7.31. The number of nitrogens with one attached hydrogen (secondary N) is 1. The fourth-order valence-electron chi connectivity index (χ4n) is 4.08. The van der Waals surface area contributed by atoms with Crippen LogP contribution in [0.4, 0.5) is 4.39 Å². The molecule has 0 bridgehead atoms. The largest absolute Gasteiger partial charge is 0.487 e. The molecule has 9 nitrogen and oxygen atoms in total. The first-order chi connectivity index (χ1) is 16.3. The summed E-state index contributed by atoms with van der Waals surface area (Å²) < 4.78 is 44.0. The van der Waals surface area contributed by atoms with Gasteiger partial charge in [0.05, 0.1) is 11.7 Å². The van der Waals surface area contributed by atoms with Crippen molar-refractivity contribution in [2.45, 2.75) is 68.9 Å². The molecule has 3 N–H and O–H groups in total. The number of aromatic nitrogens is 1. The van der Waals surface area contributed by atoms with Gasteiger partial charge in [0, 0.05) is 25.1 Å². The lowest BCUT2D eigenvalue weighted by molar-refractivity contribution is -0.131. The number of halogens is 1. The van der Waals surface area contributed by atoms with E-state index in [1.807, 2.05) is 0 Å². The second kappa shape index (κ2) is 10.1. The molecule has 1 atom stereocenters. The Morgan fingerprint density at radius 3 is 2.43 bits per heavy atom. The fourth-order valence-corrected chi connectivity index (χ4v) is 4.92. The summed E-state index contributed by atoms with van der Waals surface area (Å²) in [5.41, 5.74) is 1.13. The molecule has 0 radical (unpaired) electrons. The van der Waals surface area contributed by atoms with E-state index in [0.717, 1.165) is 6.26 Å². The van der Waals surface area contributed by atoms with Crippen molar-refractivity contribution in [3.8, 4) is 16.9 Å². The van der Waals surface area contributed by atoms with Gasteiger partial charge in [0.25, 0.3) is 11.5 Å². The van der Waals surface area contributed by atoms with Crippen LogP contribution in [0.25, 0.3) is 11.1 Å². The van der Waals surface area contributed by atoms with E-state index in [9.17, 15) is 27.5 Å². The fraction of sp³-hybridized carbons (Fsp3) is 0.500. The Balaban J connectivity index is 1.73. The number of carbonyl (C=O) groups is 1. The van der Waals surface area contributed by atoms with E-state index in [1.54, 1.807) is 19.1 Å². The Kier molecular flexibility index (Phi) is 7.73. The second-order valence-electron chi connectivity index (χ2n) is 9.60. The number of rotatable bonds is 8. The van der Waals surface area contributed by atoms with Gasteiger partial charge in [0.1, 0.15) is 0 Å². The number of aliphatic hydroxyl groups is 1. The van der Waals surface area contributed by atoms with Crippen LogP contribution >= 0.6 is 0 Å². The summed E-state index contributed by atoms with van der Waals surface area (Å²) in [4.78, 5) is 24.6. The highest BCUT2D eigenvalue weighted by Crippen LogP contribution is 2.32. The van der Waals surface area contributed by atoms with Crippen LogP contribution in [0.3, 0.4) is 0 Å². The zero-order valence-electron chi connectivity index (χ0n) is 20.0. The van der Waals surface area contributed by atoms with Gasteiger partial charge in [-0.2, -0.15) is 0 Å². The van der Waals surface area contributed by atoms with Crippen LogP contribution in [-0.2, 0) is 21.2 Å². The van der Waals surface area contributed by atoms with Crippen molar-refractivity contribution in [1.82, 2.24) is 10.0 Å². The van der Waals surface area contributed by atoms with Crippen LogP contribution in [-0.4, -0.2) is 51.9 Å². The average molecular weight is 511 g/mol. The van der Waals surface area contributed by atoms with E-state index >= 15 is 0 Å². The number of aryl methyl sites for hydroxylation is 1. The number of benzene rings is 1. The third kappa shape index (κ3) is 6.09. The summed E-state index contributed by atoms with van der Waals surface area (Å²) in [6.45, 7) is 2.86. The molecule has 1 heterocycles. The molecule has 1 aliphatic rings. The lowest BCUT2D eigenvalue weighted by atomic mass is 9.85. The predicted octanol–water partition coefficient (Wildman–Crippen LogP) is 2.43. The van der Waals surface area contributed by atoms with Crippen LogP contribution in [0, 0.1) is 5.82 Å². The molecule has 192 valence electrons. The first-order valence-electron chi connectivity index (χ1n) is 11.3. The van der Waals surface area contributed by atoms with Gasteiger partial charge < -0.3 is 14.4 Å². The van der Waals surface area contributed by atoms with Crippen molar-refractivity contribution in [3.05, 3.63) is 52.7 Å². The van der Waals surface area contributed by atoms with Gasteiger partial charge in [-0.25, -0.2) is 18.3 Å². The summed E-state index contributed by atoms with van der Waals surface area (Å²) in [5, 5.41) is 19.0. The number of ether oxygens (including phenoxy) is 1. The van der Waals surface area contributed by atoms with Crippen molar-refractivity contribution in [2.24, 2.45) is 0 Å². The molecule has 11 heteroatoms. The Labute approximate surface area is 203 Å². The summed E-state index contributed by atoms with van der Waals surface area (Å²) in [5.74, 6) is -1.54. The molecule has 1 saturated carbocycles. The van der Waals surface area contributed by atoms with Crippen molar-refractivity contribution >= 4 is 15.7 Å². The van der Waals surface area contributed by atoms with Crippen molar-refractivity contribution in [2.75, 3.05) is 6.26 Å². The third-order valence-corrected chi connectivity index (χ3v) is 8.82. The lowest BCUT2D eigenvalue weighted by Crippen LogP contribution is -2.49. The van der Waals surface area contributed by atoms with Crippen molar-refractivity contribution in [1.29, 1.82) is 0 Å². The Morgan fingerprint density at radius 2 is 1.89 bits per heavy atom. The highest BCUT2D eigenvalue weighted by molar-refractivity contribution is 7.92. The minimum atomic E-state index is -3.89. The quantitative estimate of drug-likeness (QED) is 0.367.